The van der Waals surface area contributed by atoms with Gasteiger partial charge in [0.1, 0.15) is 29.8 Å². The fourth-order valence-corrected chi connectivity index (χ4v) is 4.67. The van der Waals surface area contributed by atoms with E-state index in [2.05, 4.69) is 20.2 Å². The van der Waals surface area contributed by atoms with E-state index in [-0.39, 0.29) is 0 Å². The number of pyridine rings is 2. The van der Waals surface area contributed by atoms with Gasteiger partial charge in [-0.1, -0.05) is 23.2 Å². The fourth-order valence-electron chi connectivity index (χ4n) is 4.00. The van der Waals surface area contributed by atoms with E-state index in [0.29, 0.717) is 57.3 Å². The predicted octanol–water partition coefficient (Wildman–Crippen LogP) is 5.93. The molecule has 4 aromatic rings. The van der Waals surface area contributed by atoms with Gasteiger partial charge in [0.05, 0.1) is 28.7 Å². The third kappa shape index (κ3) is 4.33. The van der Waals surface area contributed by atoms with Gasteiger partial charge < -0.3 is 14.4 Å². The van der Waals surface area contributed by atoms with Crippen molar-refractivity contribution in [1.29, 1.82) is 0 Å². The molecule has 0 saturated carbocycles. The van der Waals surface area contributed by atoms with Crippen LogP contribution in [0, 0.1) is 0 Å². The number of aromatic nitrogens is 4. The Bertz CT molecular complexity index is 1330. The molecule has 0 fully saturated rings. The molecule has 4 heterocycles. The first-order chi connectivity index (χ1) is 16.4. The quantitative estimate of drug-likeness (QED) is 0.350. The molecule has 3 aromatic heterocycles. The molecule has 0 amide bonds. The van der Waals surface area contributed by atoms with E-state index in [0.717, 1.165) is 10.9 Å². The number of halogens is 4. The lowest BCUT2D eigenvalue weighted by molar-refractivity contribution is 0.151. The Hall–Kier alpha value is -3.17. The summed E-state index contributed by atoms with van der Waals surface area (Å²) < 4.78 is 37.8. The Morgan fingerprint density at radius 1 is 1.18 bits per heavy atom. The van der Waals surface area contributed by atoms with Crippen molar-refractivity contribution < 1.29 is 18.3 Å². The van der Waals surface area contributed by atoms with Crippen LogP contribution in [0.2, 0.25) is 10.0 Å². The van der Waals surface area contributed by atoms with Crippen molar-refractivity contribution in [3.05, 3.63) is 58.5 Å². The van der Waals surface area contributed by atoms with E-state index in [1.165, 1.54) is 12.4 Å². The Morgan fingerprint density at radius 3 is 2.74 bits per heavy atom. The summed E-state index contributed by atoms with van der Waals surface area (Å²) in [5, 5.41) is 9.04. The molecule has 34 heavy (non-hydrogen) atoms. The number of H-pyrrole nitrogens is 1. The molecule has 176 valence electrons. The van der Waals surface area contributed by atoms with Crippen LogP contribution in [0.1, 0.15) is 18.6 Å². The molecule has 0 radical (unpaired) electrons. The lowest BCUT2D eigenvalue weighted by Gasteiger charge is -2.30. The van der Waals surface area contributed by atoms with Gasteiger partial charge >= 0.3 is 0 Å². The average molecular weight is 506 g/mol. The Kier molecular flexibility index (Phi) is 6.14. The third-order valence-corrected chi connectivity index (χ3v) is 6.15. The first-order valence-electron chi connectivity index (χ1n) is 10.5. The summed E-state index contributed by atoms with van der Waals surface area (Å²) in [4.78, 5) is 9.89. The van der Waals surface area contributed by atoms with Crippen LogP contribution in [0.15, 0.2) is 42.9 Å². The normalized spacial score (nSPS) is 14.2. The van der Waals surface area contributed by atoms with Gasteiger partial charge in [-0.25, -0.2) is 13.8 Å². The van der Waals surface area contributed by atoms with Crippen LogP contribution in [0.4, 0.5) is 14.5 Å². The summed E-state index contributed by atoms with van der Waals surface area (Å²) in [5.41, 5.74) is 3.23. The number of nitrogens with zero attached hydrogens (tertiary/aromatic N) is 4. The SMILES string of the molecule is C[C@@H](Oc1ccc2[nH]nc(-c3cnc4c(c3)N(CC(F)F)CCO4)c2c1)c1c(Cl)cncc1Cl. The number of alkyl halides is 2. The van der Waals surface area contributed by atoms with Crippen LogP contribution in [-0.2, 0) is 0 Å². The number of aromatic amines is 1. The highest BCUT2D eigenvalue weighted by molar-refractivity contribution is 6.35. The van der Waals surface area contributed by atoms with E-state index in [9.17, 15) is 8.78 Å². The second-order valence-electron chi connectivity index (χ2n) is 7.79. The van der Waals surface area contributed by atoms with Crippen LogP contribution >= 0.6 is 23.2 Å². The number of benzene rings is 1. The highest BCUT2D eigenvalue weighted by Gasteiger charge is 2.24. The van der Waals surface area contributed by atoms with E-state index >= 15 is 0 Å². The zero-order valence-corrected chi connectivity index (χ0v) is 19.4. The van der Waals surface area contributed by atoms with Crippen molar-refractivity contribution in [2.45, 2.75) is 19.5 Å². The van der Waals surface area contributed by atoms with Gasteiger partial charge in [-0.05, 0) is 31.2 Å². The van der Waals surface area contributed by atoms with Crippen LogP contribution < -0.4 is 14.4 Å². The van der Waals surface area contributed by atoms with Gasteiger partial charge in [-0.2, -0.15) is 5.10 Å². The van der Waals surface area contributed by atoms with Crippen molar-refractivity contribution in [2.24, 2.45) is 0 Å². The summed E-state index contributed by atoms with van der Waals surface area (Å²) in [6, 6.07) is 7.28. The minimum Gasteiger partial charge on any atom is -0.486 e. The third-order valence-electron chi connectivity index (χ3n) is 5.55. The maximum Gasteiger partial charge on any atom is 0.255 e. The van der Waals surface area contributed by atoms with Crippen LogP contribution in [-0.4, -0.2) is 46.3 Å². The zero-order chi connectivity index (χ0) is 23.8. The van der Waals surface area contributed by atoms with Crippen molar-refractivity contribution in [2.75, 3.05) is 24.6 Å². The smallest absolute Gasteiger partial charge is 0.255 e. The van der Waals surface area contributed by atoms with E-state index in [1.54, 1.807) is 17.2 Å². The predicted molar refractivity (Wildman–Crippen MR) is 126 cm³/mol. The molecule has 5 rings (SSSR count). The molecule has 1 aliphatic heterocycles. The summed E-state index contributed by atoms with van der Waals surface area (Å²) in [7, 11) is 0. The standard InChI is InChI=1S/C23H19Cl2F2N5O2/c1-12(21-16(24)9-28-10-17(21)25)34-14-2-3-18-15(7-14)22(31-30-18)13-6-19-23(29-8-13)33-5-4-32(19)11-20(26)27/h2-3,6-10,12,20H,4-5,11H2,1H3,(H,30,31)/t12-/m1/s1. The van der Waals surface area contributed by atoms with Gasteiger partial charge in [0.25, 0.3) is 6.43 Å². The van der Waals surface area contributed by atoms with Gasteiger partial charge in [-0.3, -0.25) is 10.1 Å². The maximum absolute atomic E-state index is 13.1. The van der Waals surface area contributed by atoms with Crippen molar-refractivity contribution in [1.82, 2.24) is 20.2 Å². The van der Waals surface area contributed by atoms with Crippen molar-refractivity contribution in [3.63, 3.8) is 0 Å². The van der Waals surface area contributed by atoms with Gasteiger partial charge in [-0.15, -0.1) is 0 Å². The van der Waals surface area contributed by atoms with Gasteiger partial charge in [0.2, 0.25) is 5.88 Å². The number of nitrogens with one attached hydrogen (secondary N) is 1. The molecule has 1 aromatic carbocycles. The topological polar surface area (TPSA) is 76.2 Å². The number of hydrogen-bond donors (Lipinski definition) is 1. The number of hydrogen-bond acceptors (Lipinski definition) is 6. The number of anilines is 1. The van der Waals surface area contributed by atoms with E-state index in [1.807, 2.05) is 25.1 Å². The fraction of sp³-hybridized carbons (Fsp3) is 0.261. The molecular weight excluding hydrogens is 487 g/mol. The number of ether oxygens (including phenoxy) is 2. The molecule has 11 heteroatoms. The summed E-state index contributed by atoms with van der Waals surface area (Å²) >= 11 is 12.5. The summed E-state index contributed by atoms with van der Waals surface area (Å²) in [5.74, 6) is 0.916. The first-order valence-corrected chi connectivity index (χ1v) is 11.3. The molecular formula is C23H19Cl2F2N5O2. The minimum atomic E-state index is -2.47. The monoisotopic (exact) mass is 505 g/mol. The maximum atomic E-state index is 13.1. The number of fused-ring (bicyclic) bond motifs is 2. The van der Waals surface area contributed by atoms with E-state index < -0.39 is 19.1 Å². The molecule has 0 spiro atoms. The average Bonchev–Trinajstić information content (AvgIpc) is 3.22. The molecule has 0 saturated heterocycles. The van der Waals surface area contributed by atoms with Gasteiger partial charge in [0, 0.05) is 35.1 Å². The summed E-state index contributed by atoms with van der Waals surface area (Å²) in [6.07, 6.45) is 1.76. The molecule has 0 aliphatic carbocycles. The first kappa shape index (κ1) is 22.6. The van der Waals surface area contributed by atoms with Gasteiger partial charge in [0.15, 0.2) is 0 Å². The molecule has 7 nitrogen and oxygen atoms in total. The van der Waals surface area contributed by atoms with Crippen molar-refractivity contribution >= 4 is 39.8 Å². The largest absolute Gasteiger partial charge is 0.486 e. The molecule has 1 atom stereocenters. The highest BCUT2D eigenvalue weighted by Crippen LogP contribution is 2.37. The molecule has 1 aliphatic rings. The lowest BCUT2D eigenvalue weighted by atomic mass is 10.1. The molecule has 1 N–H and O–H groups in total. The van der Waals surface area contributed by atoms with Crippen LogP contribution in [0.3, 0.4) is 0 Å². The lowest BCUT2D eigenvalue weighted by Crippen LogP contribution is -2.36. The number of rotatable bonds is 6. The molecule has 0 unspecified atom stereocenters. The Labute approximate surface area is 203 Å². The summed E-state index contributed by atoms with van der Waals surface area (Å²) in [6.45, 7) is 2.12. The zero-order valence-electron chi connectivity index (χ0n) is 17.9. The second kappa shape index (κ2) is 9.23. The minimum absolute atomic E-state index is 0.307. The Morgan fingerprint density at radius 2 is 1.97 bits per heavy atom. The molecule has 0 bridgehead atoms. The Balaban J connectivity index is 1.48. The van der Waals surface area contributed by atoms with E-state index in [4.69, 9.17) is 32.7 Å². The van der Waals surface area contributed by atoms with Crippen LogP contribution in [0.5, 0.6) is 11.6 Å². The second-order valence-corrected chi connectivity index (χ2v) is 8.60. The highest BCUT2D eigenvalue weighted by atomic mass is 35.5. The van der Waals surface area contributed by atoms with Crippen molar-refractivity contribution in [3.8, 4) is 22.9 Å². The van der Waals surface area contributed by atoms with Crippen LogP contribution in [0.25, 0.3) is 22.2 Å².